The first-order valence-corrected chi connectivity index (χ1v) is 11.7. The van der Waals surface area contributed by atoms with E-state index < -0.39 is 10.0 Å². The summed E-state index contributed by atoms with van der Waals surface area (Å²) in [6.07, 6.45) is 3.60. The molecule has 1 aliphatic rings. The van der Waals surface area contributed by atoms with Crippen LogP contribution >= 0.6 is 0 Å². The number of rotatable bonds is 5. The average molecular weight is 438 g/mol. The number of amides is 1. The van der Waals surface area contributed by atoms with Gasteiger partial charge in [0.2, 0.25) is 15.9 Å². The predicted molar refractivity (Wildman–Crippen MR) is 120 cm³/mol. The minimum absolute atomic E-state index is 0.151. The Labute approximate surface area is 181 Å². The molecule has 1 aromatic heterocycles. The van der Waals surface area contributed by atoms with Crippen molar-refractivity contribution in [1.82, 2.24) is 14.8 Å². The van der Waals surface area contributed by atoms with Crippen molar-refractivity contribution in [3.63, 3.8) is 0 Å². The maximum Gasteiger partial charge on any atom is 0.240 e. The summed E-state index contributed by atoms with van der Waals surface area (Å²) in [7, 11) is -3.34. The summed E-state index contributed by atoms with van der Waals surface area (Å²) in [6, 6.07) is 16.5. The highest BCUT2D eigenvalue weighted by molar-refractivity contribution is 7.92. The van der Waals surface area contributed by atoms with Gasteiger partial charge >= 0.3 is 0 Å². The summed E-state index contributed by atoms with van der Waals surface area (Å²) in [5.74, 6) is -0.151. The van der Waals surface area contributed by atoms with Crippen LogP contribution in [0.3, 0.4) is 0 Å². The van der Waals surface area contributed by atoms with Crippen LogP contribution in [0.5, 0.6) is 0 Å². The molecule has 1 atom stereocenters. The average Bonchev–Trinajstić information content (AvgIpc) is 3.32. The van der Waals surface area contributed by atoms with E-state index in [-0.39, 0.29) is 11.9 Å². The molecule has 1 amide bonds. The van der Waals surface area contributed by atoms with Gasteiger partial charge in [-0.2, -0.15) is 10.2 Å². The lowest BCUT2D eigenvalue weighted by molar-refractivity contribution is -0.130. The van der Waals surface area contributed by atoms with E-state index in [2.05, 4.69) is 14.9 Å². The Morgan fingerprint density at radius 3 is 2.39 bits per heavy atom. The standard InChI is InChI=1S/C22H23N5O3S/c1-15-20(14-26(23-15)19-7-5-4-6-8-19)22-13-21(24-27(22)16(2)28)17-9-11-18(12-10-17)25-31(3,29)30/h4-12,14,22,25H,13H2,1-3H3/t22-/m0/s1. The number of aromatic nitrogens is 2. The number of hydrogen-bond acceptors (Lipinski definition) is 5. The number of nitrogens with zero attached hydrogens (tertiary/aromatic N) is 4. The molecule has 0 saturated heterocycles. The molecule has 8 nitrogen and oxygen atoms in total. The van der Waals surface area contributed by atoms with Crippen molar-refractivity contribution in [3.8, 4) is 5.69 Å². The Balaban J connectivity index is 1.62. The molecule has 0 radical (unpaired) electrons. The van der Waals surface area contributed by atoms with E-state index in [1.165, 1.54) is 11.9 Å². The predicted octanol–water partition coefficient (Wildman–Crippen LogP) is 3.25. The van der Waals surface area contributed by atoms with E-state index in [1.54, 1.807) is 24.3 Å². The van der Waals surface area contributed by atoms with E-state index in [0.29, 0.717) is 12.1 Å². The van der Waals surface area contributed by atoms with Crippen molar-refractivity contribution < 1.29 is 13.2 Å². The van der Waals surface area contributed by atoms with Crippen molar-refractivity contribution in [2.24, 2.45) is 5.10 Å². The summed E-state index contributed by atoms with van der Waals surface area (Å²) in [5.41, 5.74) is 4.79. The zero-order valence-electron chi connectivity index (χ0n) is 17.5. The number of para-hydroxylation sites is 1. The molecule has 0 bridgehead atoms. The van der Waals surface area contributed by atoms with Crippen LogP contribution in [-0.4, -0.2) is 41.1 Å². The van der Waals surface area contributed by atoms with Crippen molar-refractivity contribution in [3.05, 3.63) is 77.6 Å². The molecular weight excluding hydrogens is 414 g/mol. The van der Waals surface area contributed by atoms with Crippen molar-refractivity contribution in [1.29, 1.82) is 0 Å². The topological polar surface area (TPSA) is 96.7 Å². The number of benzene rings is 2. The number of hydrazone groups is 1. The van der Waals surface area contributed by atoms with Crippen LogP contribution in [0.2, 0.25) is 0 Å². The molecule has 2 aromatic carbocycles. The van der Waals surface area contributed by atoms with E-state index in [1.807, 2.05) is 48.1 Å². The molecule has 0 fully saturated rings. The highest BCUT2D eigenvalue weighted by Gasteiger charge is 2.33. The van der Waals surface area contributed by atoms with Gasteiger partial charge in [-0.05, 0) is 36.8 Å². The number of aryl methyl sites for hydroxylation is 1. The Hall–Kier alpha value is -3.46. The number of carbonyl (C=O) groups excluding carboxylic acids is 1. The number of sulfonamides is 1. The molecule has 4 rings (SSSR count). The monoisotopic (exact) mass is 437 g/mol. The highest BCUT2D eigenvalue weighted by atomic mass is 32.2. The SMILES string of the molecule is CC(=O)N1N=C(c2ccc(NS(C)(=O)=O)cc2)C[C@H]1c1cn(-c2ccccc2)nc1C. The van der Waals surface area contributed by atoms with Crippen molar-refractivity contribution >= 4 is 27.3 Å². The molecule has 1 aliphatic heterocycles. The van der Waals surface area contributed by atoms with Crippen LogP contribution in [-0.2, 0) is 14.8 Å². The van der Waals surface area contributed by atoms with Crippen LogP contribution in [0.1, 0.15) is 36.2 Å². The highest BCUT2D eigenvalue weighted by Crippen LogP contribution is 2.34. The Morgan fingerprint density at radius 1 is 1.10 bits per heavy atom. The number of anilines is 1. The second-order valence-corrected chi connectivity index (χ2v) is 9.28. The second-order valence-electron chi connectivity index (χ2n) is 7.53. The largest absolute Gasteiger partial charge is 0.284 e. The smallest absolute Gasteiger partial charge is 0.240 e. The quantitative estimate of drug-likeness (QED) is 0.663. The van der Waals surface area contributed by atoms with Crippen LogP contribution in [0.25, 0.3) is 5.69 Å². The lowest BCUT2D eigenvalue weighted by Gasteiger charge is -2.19. The zero-order chi connectivity index (χ0) is 22.2. The molecular formula is C22H23N5O3S. The third-order valence-electron chi connectivity index (χ3n) is 5.07. The van der Waals surface area contributed by atoms with Crippen LogP contribution in [0.15, 0.2) is 65.9 Å². The molecule has 0 unspecified atom stereocenters. The molecule has 160 valence electrons. The first-order chi connectivity index (χ1) is 14.7. The van der Waals surface area contributed by atoms with Crippen LogP contribution < -0.4 is 4.72 Å². The van der Waals surface area contributed by atoms with E-state index in [4.69, 9.17) is 0 Å². The van der Waals surface area contributed by atoms with Gasteiger partial charge in [0.15, 0.2) is 0 Å². The third-order valence-corrected chi connectivity index (χ3v) is 5.68. The van der Waals surface area contributed by atoms with E-state index in [0.717, 1.165) is 34.5 Å². The summed E-state index contributed by atoms with van der Waals surface area (Å²) >= 11 is 0. The Kier molecular flexibility index (Phi) is 5.36. The minimum Gasteiger partial charge on any atom is -0.284 e. The van der Waals surface area contributed by atoms with Gasteiger partial charge in [0, 0.05) is 30.8 Å². The Bertz CT molecular complexity index is 1250. The fourth-order valence-electron chi connectivity index (χ4n) is 3.68. The first kappa shape index (κ1) is 20.8. The van der Waals surface area contributed by atoms with Gasteiger partial charge in [0.1, 0.15) is 0 Å². The molecule has 31 heavy (non-hydrogen) atoms. The maximum atomic E-state index is 12.3. The fourth-order valence-corrected chi connectivity index (χ4v) is 4.24. The molecule has 3 aromatic rings. The molecule has 1 N–H and O–H groups in total. The van der Waals surface area contributed by atoms with Gasteiger partial charge in [-0.3, -0.25) is 9.52 Å². The molecule has 0 saturated carbocycles. The molecule has 9 heteroatoms. The maximum absolute atomic E-state index is 12.3. The summed E-state index contributed by atoms with van der Waals surface area (Å²) in [6.45, 7) is 3.42. The lowest BCUT2D eigenvalue weighted by atomic mass is 9.99. The van der Waals surface area contributed by atoms with E-state index >= 15 is 0 Å². The Morgan fingerprint density at radius 2 is 1.77 bits per heavy atom. The third kappa shape index (κ3) is 4.51. The summed E-state index contributed by atoms with van der Waals surface area (Å²) < 4.78 is 27.1. The molecule has 0 spiro atoms. The summed E-state index contributed by atoms with van der Waals surface area (Å²) in [4.78, 5) is 12.3. The van der Waals surface area contributed by atoms with Gasteiger partial charge in [-0.15, -0.1) is 0 Å². The number of carbonyl (C=O) groups is 1. The van der Waals surface area contributed by atoms with Crippen molar-refractivity contribution in [2.45, 2.75) is 26.3 Å². The van der Waals surface area contributed by atoms with Crippen molar-refractivity contribution in [2.75, 3.05) is 11.0 Å². The fraction of sp³-hybridized carbons (Fsp3) is 0.227. The second kappa shape index (κ2) is 7.99. The normalized spacial score (nSPS) is 16.3. The van der Waals surface area contributed by atoms with Gasteiger partial charge < -0.3 is 0 Å². The van der Waals surface area contributed by atoms with Crippen LogP contribution in [0.4, 0.5) is 5.69 Å². The summed E-state index contributed by atoms with van der Waals surface area (Å²) in [5, 5.41) is 10.7. The first-order valence-electron chi connectivity index (χ1n) is 9.78. The molecule has 2 heterocycles. The van der Waals surface area contributed by atoms with Gasteiger partial charge in [0.05, 0.1) is 29.4 Å². The zero-order valence-corrected chi connectivity index (χ0v) is 18.3. The van der Waals surface area contributed by atoms with E-state index in [9.17, 15) is 13.2 Å². The van der Waals surface area contributed by atoms with Gasteiger partial charge in [-0.25, -0.2) is 18.1 Å². The lowest BCUT2D eigenvalue weighted by Crippen LogP contribution is -2.24. The van der Waals surface area contributed by atoms with Crippen LogP contribution in [0, 0.1) is 6.92 Å². The number of nitrogens with one attached hydrogen (secondary N) is 1. The van der Waals surface area contributed by atoms with Gasteiger partial charge in [0.25, 0.3) is 0 Å². The number of hydrogen-bond donors (Lipinski definition) is 1. The van der Waals surface area contributed by atoms with Gasteiger partial charge in [-0.1, -0.05) is 30.3 Å². The molecule has 0 aliphatic carbocycles. The minimum atomic E-state index is -3.34.